The summed E-state index contributed by atoms with van der Waals surface area (Å²) < 4.78 is 52.3. The minimum Gasteiger partial charge on any atom is -0.323 e. The molecule has 0 unspecified atom stereocenters. The van der Waals surface area contributed by atoms with Crippen LogP contribution in [0.5, 0.6) is 0 Å². The molecule has 30 heavy (non-hydrogen) atoms. The van der Waals surface area contributed by atoms with E-state index in [1.54, 1.807) is 17.0 Å². The molecule has 0 radical (unpaired) electrons. The van der Waals surface area contributed by atoms with Crippen LogP contribution >= 0.6 is 11.6 Å². The Morgan fingerprint density at radius 1 is 1.17 bits per heavy atom. The first-order valence-corrected chi connectivity index (χ1v) is 9.79. The molecule has 5 nitrogen and oxygen atoms in total. The van der Waals surface area contributed by atoms with Crippen molar-refractivity contribution in [3.8, 4) is 0 Å². The molecule has 1 aromatic carbocycles. The normalized spacial score (nSPS) is 15.7. The summed E-state index contributed by atoms with van der Waals surface area (Å²) in [6.07, 6.45) is -3.87. The number of alkyl halides is 3. The maximum Gasteiger partial charge on any atom is 0.433 e. The Hall–Kier alpha value is -2.39. The molecule has 1 aromatic heterocycles. The average Bonchev–Trinajstić information content (AvgIpc) is 2.91. The lowest BCUT2D eigenvalue weighted by atomic mass is 10.2. The summed E-state index contributed by atoms with van der Waals surface area (Å²) in [4.78, 5) is 19.7. The Morgan fingerprint density at radius 3 is 2.60 bits per heavy atom. The predicted octanol–water partition coefficient (Wildman–Crippen LogP) is 4.94. The van der Waals surface area contributed by atoms with Crippen LogP contribution in [-0.4, -0.2) is 47.0 Å². The number of amides is 2. The Kier molecular flexibility index (Phi) is 6.82. The molecule has 0 bridgehead atoms. The predicted molar refractivity (Wildman–Crippen MR) is 106 cm³/mol. The number of anilines is 1. The van der Waals surface area contributed by atoms with Gasteiger partial charge in [-0.3, -0.25) is 4.90 Å². The average molecular weight is 445 g/mol. The van der Waals surface area contributed by atoms with Crippen molar-refractivity contribution in [2.24, 2.45) is 0 Å². The van der Waals surface area contributed by atoms with E-state index in [9.17, 15) is 22.4 Å². The fourth-order valence-corrected chi connectivity index (χ4v) is 3.51. The largest absolute Gasteiger partial charge is 0.433 e. The number of nitrogens with zero attached hydrogens (tertiary/aromatic N) is 3. The summed E-state index contributed by atoms with van der Waals surface area (Å²) in [5.74, 6) is -0.369. The molecule has 162 valence electrons. The van der Waals surface area contributed by atoms with Crippen molar-refractivity contribution >= 4 is 23.3 Å². The van der Waals surface area contributed by atoms with Crippen LogP contribution in [0.25, 0.3) is 0 Å². The molecule has 10 heteroatoms. The summed E-state index contributed by atoms with van der Waals surface area (Å²) >= 11 is 6.10. The van der Waals surface area contributed by atoms with Crippen LogP contribution in [0, 0.1) is 12.7 Å². The van der Waals surface area contributed by atoms with Crippen molar-refractivity contribution in [3.63, 3.8) is 0 Å². The van der Waals surface area contributed by atoms with Crippen molar-refractivity contribution in [3.05, 3.63) is 58.1 Å². The van der Waals surface area contributed by atoms with Gasteiger partial charge in [0.1, 0.15) is 11.5 Å². The van der Waals surface area contributed by atoms with Gasteiger partial charge in [-0.25, -0.2) is 14.2 Å². The van der Waals surface area contributed by atoms with Gasteiger partial charge in [0, 0.05) is 43.3 Å². The van der Waals surface area contributed by atoms with E-state index in [1.807, 2.05) is 4.90 Å². The van der Waals surface area contributed by atoms with Gasteiger partial charge in [-0.1, -0.05) is 17.7 Å². The van der Waals surface area contributed by atoms with E-state index < -0.39 is 17.9 Å². The number of halogens is 5. The van der Waals surface area contributed by atoms with Crippen LogP contribution in [0.4, 0.5) is 28.0 Å². The number of nitrogens with one attached hydrogen (secondary N) is 1. The molecule has 1 fully saturated rings. The number of aromatic nitrogens is 1. The van der Waals surface area contributed by atoms with Gasteiger partial charge < -0.3 is 10.2 Å². The van der Waals surface area contributed by atoms with Crippen LogP contribution in [0.3, 0.4) is 0 Å². The van der Waals surface area contributed by atoms with Crippen LogP contribution in [0.2, 0.25) is 5.02 Å². The molecule has 1 saturated heterocycles. The minimum absolute atomic E-state index is 0.0869. The SMILES string of the molecule is Cc1nc(C(F)(F)F)ccc1NC(=O)N1CCCN(Cc2c(F)cccc2Cl)CC1. The molecular weight excluding hydrogens is 424 g/mol. The lowest BCUT2D eigenvalue weighted by Gasteiger charge is -2.23. The zero-order chi connectivity index (χ0) is 21.9. The van der Waals surface area contributed by atoms with E-state index in [2.05, 4.69) is 10.3 Å². The molecule has 1 aliphatic rings. The second-order valence-corrected chi connectivity index (χ2v) is 7.48. The number of pyridine rings is 1. The fraction of sp³-hybridized carbons (Fsp3) is 0.400. The van der Waals surface area contributed by atoms with E-state index in [0.29, 0.717) is 49.7 Å². The summed E-state index contributed by atoms with van der Waals surface area (Å²) in [5, 5.41) is 2.99. The molecule has 1 N–H and O–H groups in total. The molecular formula is C20H21ClF4N4O. The zero-order valence-corrected chi connectivity index (χ0v) is 17.0. The van der Waals surface area contributed by atoms with Crippen LogP contribution < -0.4 is 5.32 Å². The number of rotatable bonds is 3. The zero-order valence-electron chi connectivity index (χ0n) is 16.3. The highest BCUT2D eigenvalue weighted by atomic mass is 35.5. The standard InChI is InChI=1S/C20H21ClF4N4O/c1-13-17(6-7-18(26-13)20(23,24)25)27-19(30)29-9-3-8-28(10-11-29)12-14-15(21)4-2-5-16(14)22/h2,4-7H,3,8-12H2,1H3,(H,27,30). The number of hydrogen-bond donors (Lipinski definition) is 1. The first kappa shape index (κ1) is 22.3. The van der Waals surface area contributed by atoms with Gasteiger partial charge in [0.05, 0.1) is 11.4 Å². The molecule has 0 aliphatic carbocycles. The quantitative estimate of drug-likeness (QED) is 0.682. The third kappa shape index (κ3) is 5.40. The Bertz CT molecular complexity index is 902. The third-order valence-corrected chi connectivity index (χ3v) is 5.29. The number of carbonyl (C=O) groups excluding carboxylic acids is 1. The second kappa shape index (κ2) is 9.18. The molecule has 2 heterocycles. The van der Waals surface area contributed by atoms with E-state index in [-0.39, 0.29) is 17.2 Å². The topological polar surface area (TPSA) is 48.5 Å². The monoisotopic (exact) mass is 444 g/mol. The van der Waals surface area contributed by atoms with E-state index in [0.717, 1.165) is 6.07 Å². The van der Waals surface area contributed by atoms with Gasteiger partial charge in [0.2, 0.25) is 0 Å². The van der Waals surface area contributed by atoms with Gasteiger partial charge in [0.15, 0.2) is 0 Å². The summed E-state index contributed by atoms with van der Waals surface area (Å²) in [6, 6.07) is 6.17. The lowest BCUT2D eigenvalue weighted by molar-refractivity contribution is -0.141. The molecule has 0 saturated carbocycles. The molecule has 0 atom stereocenters. The van der Waals surface area contributed by atoms with Crippen LogP contribution in [0.15, 0.2) is 30.3 Å². The van der Waals surface area contributed by atoms with Gasteiger partial charge in [-0.05, 0) is 37.6 Å². The Labute approximate surface area is 176 Å². The highest BCUT2D eigenvalue weighted by molar-refractivity contribution is 6.31. The number of benzene rings is 1. The first-order valence-electron chi connectivity index (χ1n) is 9.41. The smallest absolute Gasteiger partial charge is 0.323 e. The molecule has 0 spiro atoms. The highest BCUT2D eigenvalue weighted by Gasteiger charge is 2.33. The van der Waals surface area contributed by atoms with E-state index in [1.165, 1.54) is 19.1 Å². The maximum absolute atomic E-state index is 14.0. The third-order valence-electron chi connectivity index (χ3n) is 4.94. The van der Waals surface area contributed by atoms with E-state index in [4.69, 9.17) is 11.6 Å². The van der Waals surface area contributed by atoms with Crippen molar-refractivity contribution in [2.75, 3.05) is 31.5 Å². The van der Waals surface area contributed by atoms with Crippen LogP contribution in [-0.2, 0) is 12.7 Å². The summed E-state index contributed by atoms with van der Waals surface area (Å²) in [6.45, 7) is 3.79. The van der Waals surface area contributed by atoms with E-state index >= 15 is 0 Å². The Morgan fingerprint density at radius 2 is 1.93 bits per heavy atom. The van der Waals surface area contributed by atoms with Crippen molar-refractivity contribution < 1.29 is 22.4 Å². The van der Waals surface area contributed by atoms with Gasteiger partial charge in [-0.2, -0.15) is 13.2 Å². The second-order valence-electron chi connectivity index (χ2n) is 7.07. The Balaban J connectivity index is 1.61. The number of aryl methyl sites for hydroxylation is 1. The summed E-state index contributed by atoms with van der Waals surface area (Å²) in [5.41, 5.74) is -0.269. The molecule has 1 aliphatic heterocycles. The fourth-order valence-electron chi connectivity index (χ4n) is 3.28. The number of carbonyl (C=O) groups is 1. The molecule has 2 amide bonds. The van der Waals surface area contributed by atoms with Crippen molar-refractivity contribution in [1.29, 1.82) is 0 Å². The van der Waals surface area contributed by atoms with Crippen molar-refractivity contribution in [2.45, 2.75) is 26.1 Å². The van der Waals surface area contributed by atoms with Gasteiger partial charge in [-0.15, -0.1) is 0 Å². The number of hydrogen-bond acceptors (Lipinski definition) is 3. The van der Waals surface area contributed by atoms with Crippen molar-refractivity contribution in [1.82, 2.24) is 14.8 Å². The molecule has 2 aromatic rings. The summed E-state index contributed by atoms with van der Waals surface area (Å²) in [7, 11) is 0. The first-order chi connectivity index (χ1) is 14.1. The number of urea groups is 1. The minimum atomic E-state index is -4.54. The maximum atomic E-state index is 14.0. The van der Waals surface area contributed by atoms with Crippen LogP contribution in [0.1, 0.15) is 23.4 Å². The van der Waals surface area contributed by atoms with Gasteiger partial charge >= 0.3 is 12.2 Å². The molecule has 3 rings (SSSR count). The van der Waals surface area contributed by atoms with Gasteiger partial charge in [0.25, 0.3) is 0 Å². The lowest BCUT2D eigenvalue weighted by Crippen LogP contribution is -2.38. The highest BCUT2D eigenvalue weighted by Crippen LogP contribution is 2.29.